The van der Waals surface area contributed by atoms with Gasteiger partial charge in [-0.25, -0.2) is 0 Å². The zero-order valence-corrected chi connectivity index (χ0v) is 30.3. The van der Waals surface area contributed by atoms with Gasteiger partial charge in [0.1, 0.15) is 0 Å². The van der Waals surface area contributed by atoms with Crippen molar-refractivity contribution >= 4 is 27.8 Å². The van der Waals surface area contributed by atoms with Crippen molar-refractivity contribution in [2.45, 2.75) is 31.1 Å². The van der Waals surface area contributed by atoms with E-state index in [4.69, 9.17) is 0 Å². The molecular weight excluding hydrogens is 651 g/mol. The molecule has 0 saturated heterocycles. The van der Waals surface area contributed by atoms with E-state index in [0.29, 0.717) is 0 Å². The molecule has 0 amide bonds. The third-order valence-electron chi connectivity index (χ3n) is 12.9. The van der Waals surface area contributed by atoms with Crippen molar-refractivity contribution < 1.29 is 0 Å². The van der Waals surface area contributed by atoms with Gasteiger partial charge in [0.05, 0.1) is 0 Å². The molecule has 3 atom stereocenters. The lowest BCUT2D eigenvalue weighted by Gasteiger charge is -2.36. The predicted octanol–water partition coefficient (Wildman–Crippen LogP) is 14.4. The van der Waals surface area contributed by atoms with Crippen molar-refractivity contribution in [3.63, 3.8) is 0 Å². The van der Waals surface area contributed by atoms with Gasteiger partial charge < -0.3 is 4.90 Å². The molecule has 0 aromatic heterocycles. The number of hydrogen-bond donors (Lipinski definition) is 0. The molecule has 2 saturated carbocycles. The Kier molecular flexibility index (Phi) is 7.24. The van der Waals surface area contributed by atoms with E-state index in [1.807, 2.05) is 0 Å². The van der Waals surface area contributed by atoms with Crippen LogP contribution in [0.5, 0.6) is 0 Å². The molecule has 2 bridgehead atoms. The Morgan fingerprint density at radius 2 is 1.04 bits per heavy atom. The van der Waals surface area contributed by atoms with Gasteiger partial charge in [0.15, 0.2) is 0 Å². The molecule has 8 aromatic rings. The maximum absolute atomic E-state index is 2.58. The van der Waals surface area contributed by atoms with Crippen LogP contribution < -0.4 is 4.90 Å². The van der Waals surface area contributed by atoms with Crippen molar-refractivity contribution in [3.05, 3.63) is 199 Å². The van der Waals surface area contributed by atoms with Crippen LogP contribution in [-0.4, -0.2) is 0 Å². The lowest BCUT2D eigenvalue weighted by Crippen LogP contribution is -2.31. The fraction of sp³-hybridized carbons (Fsp3) is 0.132. The van der Waals surface area contributed by atoms with Gasteiger partial charge >= 0.3 is 0 Å². The molecule has 0 N–H and O–H groups in total. The summed E-state index contributed by atoms with van der Waals surface area (Å²) in [5, 5.41) is 2.54. The second-order valence-corrected chi connectivity index (χ2v) is 15.7. The Labute approximate surface area is 318 Å². The van der Waals surface area contributed by atoms with Crippen molar-refractivity contribution in [1.82, 2.24) is 0 Å². The van der Waals surface area contributed by atoms with Gasteiger partial charge in [-0.1, -0.05) is 152 Å². The highest BCUT2D eigenvalue weighted by molar-refractivity contribution is 5.97. The van der Waals surface area contributed by atoms with E-state index >= 15 is 0 Å². The van der Waals surface area contributed by atoms with Crippen LogP contribution >= 0.6 is 0 Å². The van der Waals surface area contributed by atoms with Gasteiger partial charge in [0, 0.05) is 22.5 Å². The number of para-hydroxylation sites is 1. The SMILES string of the molecule is c1ccc(-c2cc(N(c3ccccc3)c3ccc(-c4cccc5ccccc45)cc3)ccc2-c2ccc3c(c2)C2(CC4CCC2C4)c2ccccc2-3)cc1. The van der Waals surface area contributed by atoms with Crippen LogP contribution in [0.1, 0.15) is 36.8 Å². The maximum atomic E-state index is 2.58. The van der Waals surface area contributed by atoms with E-state index < -0.39 is 0 Å². The molecule has 2 fully saturated rings. The normalized spacial score (nSPS) is 19.3. The summed E-state index contributed by atoms with van der Waals surface area (Å²) in [5.41, 5.74) is 17.1. The summed E-state index contributed by atoms with van der Waals surface area (Å²) in [7, 11) is 0. The first-order chi connectivity index (χ1) is 26.7. The Bertz CT molecular complexity index is 2670. The highest BCUT2D eigenvalue weighted by atomic mass is 15.1. The number of fused-ring (bicyclic) bond motifs is 9. The van der Waals surface area contributed by atoms with Crippen LogP contribution in [0.25, 0.3) is 55.3 Å². The van der Waals surface area contributed by atoms with Gasteiger partial charge in [0.2, 0.25) is 0 Å². The van der Waals surface area contributed by atoms with Crippen molar-refractivity contribution in [2.75, 3.05) is 4.90 Å². The minimum absolute atomic E-state index is 0.153. The smallest absolute Gasteiger partial charge is 0.0468 e. The van der Waals surface area contributed by atoms with Crippen molar-refractivity contribution in [2.24, 2.45) is 11.8 Å². The van der Waals surface area contributed by atoms with Crippen LogP contribution in [-0.2, 0) is 5.41 Å². The van der Waals surface area contributed by atoms with Gasteiger partial charge in [-0.3, -0.25) is 0 Å². The molecule has 0 aliphatic heterocycles. The second kappa shape index (κ2) is 12.5. The van der Waals surface area contributed by atoms with Crippen LogP contribution in [0.15, 0.2) is 188 Å². The minimum Gasteiger partial charge on any atom is -0.310 e. The average molecular weight is 692 g/mol. The Morgan fingerprint density at radius 1 is 0.407 bits per heavy atom. The monoisotopic (exact) mass is 691 g/mol. The molecule has 258 valence electrons. The molecule has 11 rings (SSSR count). The van der Waals surface area contributed by atoms with Gasteiger partial charge in [-0.15, -0.1) is 0 Å². The van der Waals surface area contributed by atoms with Crippen LogP contribution in [0.3, 0.4) is 0 Å². The van der Waals surface area contributed by atoms with E-state index in [0.717, 1.165) is 28.9 Å². The second-order valence-electron chi connectivity index (χ2n) is 15.7. The fourth-order valence-corrected chi connectivity index (χ4v) is 10.6. The Hall–Kier alpha value is -6.18. The largest absolute Gasteiger partial charge is 0.310 e. The quantitative estimate of drug-likeness (QED) is 0.168. The zero-order chi connectivity index (χ0) is 35.6. The number of rotatable bonds is 6. The van der Waals surface area contributed by atoms with Gasteiger partial charge in [-0.2, -0.15) is 0 Å². The summed E-state index contributed by atoms with van der Waals surface area (Å²) in [6.07, 6.45) is 5.42. The summed E-state index contributed by atoms with van der Waals surface area (Å²) >= 11 is 0. The summed E-state index contributed by atoms with van der Waals surface area (Å²) in [5.74, 6) is 1.59. The summed E-state index contributed by atoms with van der Waals surface area (Å²) in [6.45, 7) is 0. The molecule has 8 aromatic carbocycles. The Morgan fingerprint density at radius 3 is 1.85 bits per heavy atom. The molecule has 3 aliphatic carbocycles. The molecule has 1 spiro atoms. The topological polar surface area (TPSA) is 3.24 Å². The third-order valence-corrected chi connectivity index (χ3v) is 12.9. The van der Waals surface area contributed by atoms with E-state index in [-0.39, 0.29) is 5.41 Å². The molecule has 0 radical (unpaired) electrons. The molecule has 1 nitrogen and oxygen atoms in total. The summed E-state index contributed by atoms with van der Waals surface area (Å²) < 4.78 is 0. The summed E-state index contributed by atoms with van der Waals surface area (Å²) in [4.78, 5) is 2.40. The van der Waals surface area contributed by atoms with E-state index in [2.05, 4.69) is 193 Å². The fourth-order valence-electron chi connectivity index (χ4n) is 10.6. The number of hydrogen-bond acceptors (Lipinski definition) is 1. The predicted molar refractivity (Wildman–Crippen MR) is 227 cm³/mol. The molecular formula is C53H41N. The van der Waals surface area contributed by atoms with E-state index in [9.17, 15) is 0 Å². The summed E-state index contributed by atoms with van der Waals surface area (Å²) in [6, 6.07) is 69.8. The first-order valence-electron chi connectivity index (χ1n) is 19.6. The van der Waals surface area contributed by atoms with Crippen LogP contribution in [0.2, 0.25) is 0 Å². The third kappa shape index (κ3) is 4.85. The van der Waals surface area contributed by atoms with Crippen LogP contribution in [0, 0.1) is 11.8 Å². The first kappa shape index (κ1) is 31.4. The van der Waals surface area contributed by atoms with Crippen molar-refractivity contribution in [1.29, 1.82) is 0 Å². The minimum atomic E-state index is 0.153. The highest BCUT2D eigenvalue weighted by Gasteiger charge is 2.56. The maximum Gasteiger partial charge on any atom is 0.0468 e. The highest BCUT2D eigenvalue weighted by Crippen LogP contribution is 2.66. The zero-order valence-electron chi connectivity index (χ0n) is 30.3. The number of anilines is 3. The lowest BCUT2D eigenvalue weighted by molar-refractivity contribution is 0.327. The standard InChI is InChI=1S/C53H41N/c1-3-12-38(13-4-1)50-34-44(54(42-16-5-2-6-17-42)43-27-23-39(24-28-43)46-20-11-15-37-14-7-8-18-45(37)46)29-31-47(50)40-25-30-49-48-19-9-10-21-51(48)53(52(49)33-40)35-36-22-26-41(53)32-36/h1-21,23-25,27-31,33-34,36,41H,22,26,32,35H2. The van der Waals surface area contributed by atoms with Crippen molar-refractivity contribution in [3.8, 4) is 44.5 Å². The Balaban J connectivity index is 1.05. The van der Waals surface area contributed by atoms with Gasteiger partial charge in [-0.05, 0) is 140 Å². The molecule has 54 heavy (non-hydrogen) atoms. The van der Waals surface area contributed by atoms with E-state index in [1.165, 1.54) is 81.0 Å². The molecule has 3 unspecified atom stereocenters. The first-order valence-corrected chi connectivity index (χ1v) is 19.6. The molecule has 3 aliphatic rings. The molecule has 1 heteroatoms. The van der Waals surface area contributed by atoms with Crippen LogP contribution in [0.4, 0.5) is 17.1 Å². The molecule has 0 heterocycles. The average Bonchev–Trinajstić information content (AvgIpc) is 3.94. The number of nitrogens with zero attached hydrogens (tertiary/aromatic N) is 1. The number of benzene rings is 8. The lowest BCUT2D eigenvalue weighted by atomic mass is 9.66. The van der Waals surface area contributed by atoms with Gasteiger partial charge in [0.25, 0.3) is 0 Å². The van der Waals surface area contributed by atoms with E-state index in [1.54, 1.807) is 11.1 Å².